The molecule has 0 spiro atoms. The first-order valence-electron chi connectivity index (χ1n) is 9.49. The largest absolute Gasteiger partial charge is 0.328 e. The van der Waals surface area contributed by atoms with Crippen LogP contribution in [0.3, 0.4) is 0 Å². The average molecular weight is 445 g/mol. The van der Waals surface area contributed by atoms with Crippen molar-refractivity contribution in [3.63, 3.8) is 0 Å². The molecule has 0 unspecified atom stereocenters. The minimum absolute atomic E-state index is 0.0898. The van der Waals surface area contributed by atoms with Crippen LogP contribution in [0.4, 0.5) is 19.1 Å². The number of hydrogen-bond donors (Lipinski definition) is 0. The lowest BCUT2D eigenvalue weighted by Crippen LogP contribution is -2.56. The fourth-order valence-electron chi connectivity index (χ4n) is 3.75. The zero-order valence-corrected chi connectivity index (χ0v) is 17.1. The van der Waals surface area contributed by atoms with Gasteiger partial charge in [0.25, 0.3) is 11.8 Å². The van der Waals surface area contributed by atoms with Crippen molar-refractivity contribution >= 4 is 36.7 Å². The van der Waals surface area contributed by atoms with Gasteiger partial charge in [-0.05, 0) is 30.6 Å². The summed E-state index contributed by atoms with van der Waals surface area (Å²) in [5.74, 6) is -2.27. The molecule has 0 aliphatic carbocycles. The van der Waals surface area contributed by atoms with Crippen LogP contribution in [0.2, 0.25) is 0 Å². The van der Waals surface area contributed by atoms with Crippen molar-refractivity contribution < 1.29 is 18.0 Å². The van der Waals surface area contributed by atoms with E-state index in [0.717, 1.165) is 11.5 Å². The number of nitrogens with zero attached hydrogens (tertiary/aromatic N) is 7. The molecule has 1 fully saturated rings. The predicted octanol–water partition coefficient (Wildman–Crippen LogP) is 1.40. The highest BCUT2D eigenvalue weighted by molar-refractivity contribution is 7.09. The summed E-state index contributed by atoms with van der Waals surface area (Å²) >= 11 is 1.07. The van der Waals surface area contributed by atoms with Crippen molar-refractivity contribution in [1.29, 1.82) is 0 Å². The van der Waals surface area contributed by atoms with E-state index in [4.69, 9.17) is 7.85 Å². The number of benzene rings is 1. The molecule has 2 radical (unpaired) electrons. The Hall–Kier alpha value is -2.96. The number of fused-ring (bicyclic) bond motifs is 1. The molecule has 1 saturated heterocycles. The van der Waals surface area contributed by atoms with Crippen LogP contribution < -0.4 is 10.4 Å². The van der Waals surface area contributed by atoms with Gasteiger partial charge in [-0.3, -0.25) is 4.79 Å². The lowest BCUT2D eigenvalue weighted by atomic mass is 9.93. The highest BCUT2D eigenvalue weighted by atomic mass is 32.1. The summed E-state index contributed by atoms with van der Waals surface area (Å²) in [6.45, 7) is 1.81. The highest BCUT2D eigenvalue weighted by Crippen LogP contribution is 2.34. The topological polar surface area (TPSA) is 80.0 Å². The van der Waals surface area contributed by atoms with Crippen LogP contribution in [0.25, 0.3) is 10.8 Å². The number of rotatable bonds is 3. The molecule has 1 atom stereocenters. The van der Waals surface area contributed by atoms with Crippen LogP contribution in [0.5, 0.6) is 0 Å². The van der Waals surface area contributed by atoms with Gasteiger partial charge in [0.05, 0.1) is 19.1 Å². The second-order valence-electron chi connectivity index (χ2n) is 7.56. The Bertz CT molecular complexity index is 1170. The zero-order chi connectivity index (χ0) is 21.9. The molecule has 2 aliphatic rings. The van der Waals surface area contributed by atoms with Gasteiger partial charge in [0.1, 0.15) is 13.7 Å². The van der Waals surface area contributed by atoms with Crippen LogP contribution in [-0.2, 0) is 6.54 Å². The molecule has 158 valence electrons. The Morgan fingerprint density at radius 3 is 2.74 bits per heavy atom. The number of alkyl halides is 2. The van der Waals surface area contributed by atoms with Crippen LogP contribution >= 0.6 is 11.5 Å². The maximum Gasteiger partial charge on any atom is 0.282 e. The van der Waals surface area contributed by atoms with Gasteiger partial charge in [-0.1, -0.05) is 11.5 Å². The van der Waals surface area contributed by atoms with E-state index in [1.54, 1.807) is 4.90 Å². The van der Waals surface area contributed by atoms with Crippen molar-refractivity contribution in [3.8, 4) is 10.8 Å². The third-order valence-corrected chi connectivity index (χ3v) is 6.12. The minimum atomic E-state index is -2.71. The van der Waals surface area contributed by atoms with E-state index in [2.05, 4.69) is 19.6 Å². The van der Waals surface area contributed by atoms with Crippen molar-refractivity contribution in [3.05, 3.63) is 35.4 Å². The molecule has 3 aromatic rings. The summed E-state index contributed by atoms with van der Waals surface area (Å²) in [5.41, 5.74) is 0.201. The van der Waals surface area contributed by atoms with Gasteiger partial charge < -0.3 is 14.4 Å². The fraction of sp³-hybridized carbons (Fsp3) is 0.389. The third-order valence-electron chi connectivity index (χ3n) is 5.42. The molecule has 2 aliphatic heterocycles. The van der Waals surface area contributed by atoms with Crippen LogP contribution in [0.15, 0.2) is 18.2 Å². The molecule has 1 amide bonds. The number of carbonyl (C=O) groups excluding carboxylic acids is 1. The molecule has 5 rings (SSSR count). The molecule has 4 heterocycles. The SMILES string of the molecule is [B]c1cc(C(=O)N2CCn3c(-c4nc(N5CC(F)(F)C5)ns4)nnc3[C@H]2C)ccc1F. The first-order valence-corrected chi connectivity index (χ1v) is 10.3. The maximum atomic E-state index is 13.4. The van der Waals surface area contributed by atoms with Crippen LogP contribution in [0.1, 0.15) is 29.1 Å². The van der Waals surface area contributed by atoms with Crippen molar-refractivity contribution in [2.24, 2.45) is 0 Å². The number of aromatic nitrogens is 5. The quantitative estimate of drug-likeness (QED) is 0.568. The molecule has 13 heteroatoms. The number of carbonyl (C=O) groups is 1. The lowest BCUT2D eigenvalue weighted by molar-refractivity contribution is -0.0270. The molecule has 0 saturated carbocycles. The van der Waals surface area contributed by atoms with Crippen molar-refractivity contribution in [1.82, 2.24) is 29.0 Å². The van der Waals surface area contributed by atoms with Gasteiger partial charge in [0.2, 0.25) is 5.95 Å². The first kappa shape index (κ1) is 20.0. The van der Waals surface area contributed by atoms with Crippen LogP contribution in [-0.4, -0.2) is 68.3 Å². The molecule has 31 heavy (non-hydrogen) atoms. The van der Waals surface area contributed by atoms with E-state index >= 15 is 0 Å². The van der Waals surface area contributed by atoms with Crippen molar-refractivity contribution in [2.75, 3.05) is 24.5 Å². The van der Waals surface area contributed by atoms with E-state index in [1.165, 1.54) is 23.1 Å². The second-order valence-corrected chi connectivity index (χ2v) is 8.31. The minimum Gasteiger partial charge on any atom is -0.328 e. The van der Waals surface area contributed by atoms with E-state index in [-0.39, 0.29) is 17.3 Å². The van der Waals surface area contributed by atoms with Gasteiger partial charge >= 0.3 is 0 Å². The molecular weight excluding hydrogens is 430 g/mol. The number of anilines is 1. The number of halogens is 3. The fourth-order valence-corrected chi connectivity index (χ4v) is 4.43. The standard InChI is InChI=1S/C18H15BF3N7OS/c1-9-13-24-25-14(15-23-17(26-31-15)27-7-18(21,22)8-27)29(13)5-4-28(9)16(30)10-2-3-12(20)11(19)6-10/h2-3,6,9H,4-5,7-8H2,1H3/t9-/m1/s1. The smallest absolute Gasteiger partial charge is 0.282 e. The summed E-state index contributed by atoms with van der Waals surface area (Å²) in [6.07, 6.45) is 0. The molecule has 0 N–H and O–H groups in total. The third kappa shape index (κ3) is 3.36. The Balaban J connectivity index is 1.37. The lowest BCUT2D eigenvalue weighted by Gasteiger charge is -2.37. The van der Waals surface area contributed by atoms with Gasteiger partial charge in [-0.25, -0.2) is 13.2 Å². The highest BCUT2D eigenvalue weighted by Gasteiger charge is 2.45. The predicted molar refractivity (Wildman–Crippen MR) is 107 cm³/mol. The first-order chi connectivity index (χ1) is 14.7. The molecule has 8 nitrogen and oxygen atoms in total. The monoisotopic (exact) mass is 445 g/mol. The van der Waals surface area contributed by atoms with Crippen LogP contribution in [0, 0.1) is 5.82 Å². The molecule has 0 bridgehead atoms. The van der Waals surface area contributed by atoms with E-state index < -0.39 is 30.9 Å². The van der Waals surface area contributed by atoms with Gasteiger partial charge in [0.15, 0.2) is 16.7 Å². The number of hydrogen-bond acceptors (Lipinski definition) is 7. The number of amides is 1. The Morgan fingerprint density at radius 1 is 1.26 bits per heavy atom. The summed E-state index contributed by atoms with van der Waals surface area (Å²) in [5, 5.41) is 8.90. The summed E-state index contributed by atoms with van der Waals surface area (Å²) in [6, 6.07) is 3.49. The van der Waals surface area contributed by atoms with Gasteiger partial charge in [-0.2, -0.15) is 9.36 Å². The Labute approximate surface area is 180 Å². The van der Waals surface area contributed by atoms with E-state index in [0.29, 0.717) is 35.3 Å². The Morgan fingerprint density at radius 2 is 2.03 bits per heavy atom. The van der Waals surface area contributed by atoms with Gasteiger partial charge in [-0.15, -0.1) is 10.2 Å². The summed E-state index contributed by atoms with van der Waals surface area (Å²) in [7, 11) is 5.59. The van der Waals surface area contributed by atoms with E-state index in [9.17, 15) is 18.0 Å². The average Bonchev–Trinajstić information content (AvgIpc) is 3.35. The van der Waals surface area contributed by atoms with Gasteiger partial charge in [0, 0.05) is 18.7 Å². The van der Waals surface area contributed by atoms with Crippen molar-refractivity contribution in [2.45, 2.75) is 25.4 Å². The normalized spacial score (nSPS) is 19.8. The molecule has 2 aromatic heterocycles. The maximum absolute atomic E-state index is 13.4. The molecular formula is C18H15BF3N7OS. The second kappa shape index (κ2) is 7.04. The van der Waals surface area contributed by atoms with E-state index in [1.807, 2.05) is 11.5 Å². The summed E-state index contributed by atoms with van der Waals surface area (Å²) in [4.78, 5) is 20.3. The summed E-state index contributed by atoms with van der Waals surface area (Å²) < 4.78 is 45.7. The molecule has 1 aromatic carbocycles. The Kier molecular flexibility index (Phi) is 4.54. The zero-order valence-electron chi connectivity index (χ0n) is 16.3.